The highest BCUT2D eigenvalue weighted by atomic mass is 32.2. The summed E-state index contributed by atoms with van der Waals surface area (Å²) in [7, 11) is -0.887. The van der Waals surface area contributed by atoms with Crippen molar-refractivity contribution in [3.05, 3.63) is 0 Å². The summed E-state index contributed by atoms with van der Waals surface area (Å²) >= 11 is 0. The van der Waals surface area contributed by atoms with Crippen LogP contribution in [0, 0.1) is 0 Å². The van der Waals surface area contributed by atoms with Gasteiger partial charge in [-0.1, -0.05) is 0 Å². The van der Waals surface area contributed by atoms with Crippen molar-refractivity contribution in [3.8, 4) is 0 Å². The van der Waals surface area contributed by atoms with Gasteiger partial charge in [-0.3, -0.25) is 4.21 Å². The van der Waals surface area contributed by atoms with Crippen molar-refractivity contribution < 1.29 is 18.9 Å². The predicted molar refractivity (Wildman–Crippen MR) is 78.1 cm³/mol. The first kappa shape index (κ1) is 16.9. The topological polar surface area (TPSA) is 86.7 Å². The lowest BCUT2D eigenvalue weighted by Gasteiger charge is -2.41. The lowest BCUT2D eigenvalue weighted by molar-refractivity contribution is -0.150. The van der Waals surface area contributed by atoms with Gasteiger partial charge >= 0.3 is 12.0 Å². The quantitative estimate of drug-likeness (QED) is 0.798. The number of likely N-dealkylation sites (tertiary alicyclic amines) is 1. The zero-order chi connectivity index (χ0) is 15.3. The maximum atomic E-state index is 12.2. The van der Waals surface area contributed by atoms with Crippen LogP contribution in [0.1, 0.15) is 39.5 Å². The average molecular weight is 304 g/mol. The SMILES string of the molecule is CC(CCS(C)=O)NC(=O)N1CCCCC1(C)C(=O)O. The largest absolute Gasteiger partial charge is 0.480 e. The van der Waals surface area contributed by atoms with Gasteiger partial charge in [0, 0.05) is 35.4 Å². The van der Waals surface area contributed by atoms with E-state index in [1.807, 2.05) is 6.92 Å². The fourth-order valence-electron chi connectivity index (χ4n) is 2.37. The summed E-state index contributed by atoms with van der Waals surface area (Å²) < 4.78 is 11.0. The summed E-state index contributed by atoms with van der Waals surface area (Å²) in [4.78, 5) is 25.1. The number of nitrogens with zero attached hydrogens (tertiary/aromatic N) is 1. The van der Waals surface area contributed by atoms with Crippen molar-refractivity contribution in [2.75, 3.05) is 18.6 Å². The molecule has 0 radical (unpaired) electrons. The Kier molecular flexibility index (Phi) is 5.98. The number of hydrogen-bond acceptors (Lipinski definition) is 3. The maximum absolute atomic E-state index is 12.2. The summed E-state index contributed by atoms with van der Waals surface area (Å²) in [6.07, 6.45) is 4.36. The highest BCUT2D eigenvalue weighted by molar-refractivity contribution is 7.84. The Balaban J connectivity index is 2.64. The number of hydrogen-bond donors (Lipinski definition) is 2. The van der Waals surface area contributed by atoms with Gasteiger partial charge in [-0.2, -0.15) is 0 Å². The van der Waals surface area contributed by atoms with Crippen LogP contribution < -0.4 is 5.32 Å². The first-order valence-electron chi connectivity index (χ1n) is 6.89. The van der Waals surface area contributed by atoms with Crippen LogP contribution >= 0.6 is 0 Å². The van der Waals surface area contributed by atoms with E-state index in [-0.39, 0.29) is 12.1 Å². The molecule has 1 saturated heterocycles. The second-order valence-electron chi connectivity index (χ2n) is 5.60. The number of carbonyl (C=O) groups excluding carboxylic acids is 1. The molecular formula is C13H24N2O4S. The molecule has 1 fully saturated rings. The van der Waals surface area contributed by atoms with Crippen molar-refractivity contribution in [1.29, 1.82) is 0 Å². The fraction of sp³-hybridized carbons (Fsp3) is 0.846. The molecule has 20 heavy (non-hydrogen) atoms. The molecule has 0 aromatic heterocycles. The number of piperidine rings is 1. The van der Waals surface area contributed by atoms with Crippen LogP contribution in [-0.2, 0) is 15.6 Å². The number of carboxylic acids is 1. The van der Waals surface area contributed by atoms with Crippen molar-refractivity contribution in [3.63, 3.8) is 0 Å². The molecule has 0 saturated carbocycles. The summed E-state index contributed by atoms with van der Waals surface area (Å²) in [5.41, 5.74) is -1.13. The third kappa shape index (κ3) is 4.19. The van der Waals surface area contributed by atoms with Crippen molar-refractivity contribution in [2.24, 2.45) is 0 Å². The Hall–Kier alpha value is -1.11. The summed E-state index contributed by atoms with van der Waals surface area (Å²) in [6.45, 7) is 3.90. The second kappa shape index (κ2) is 7.06. The van der Waals surface area contributed by atoms with E-state index in [9.17, 15) is 18.9 Å². The Morgan fingerprint density at radius 3 is 2.65 bits per heavy atom. The maximum Gasteiger partial charge on any atom is 0.329 e. The lowest BCUT2D eigenvalue weighted by atomic mass is 9.89. The number of rotatable bonds is 5. The smallest absolute Gasteiger partial charge is 0.329 e. The van der Waals surface area contributed by atoms with E-state index in [4.69, 9.17) is 0 Å². The molecule has 0 spiro atoms. The lowest BCUT2D eigenvalue weighted by Crippen LogP contribution is -2.60. The molecule has 3 unspecified atom stereocenters. The molecule has 0 bridgehead atoms. The molecule has 0 aromatic carbocycles. The number of aliphatic carboxylic acids is 1. The third-order valence-corrected chi connectivity index (χ3v) is 4.62. The van der Waals surface area contributed by atoms with Crippen LogP contribution in [0.2, 0.25) is 0 Å². The molecule has 2 N–H and O–H groups in total. The van der Waals surface area contributed by atoms with E-state index < -0.39 is 22.3 Å². The minimum absolute atomic E-state index is 0.119. The van der Waals surface area contributed by atoms with Gasteiger partial charge in [0.05, 0.1) is 0 Å². The van der Waals surface area contributed by atoms with Crippen LogP contribution in [-0.4, -0.2) is 56.3 Å². The van der Waals surface area contributed by atoms with Crippen LogP contribution in [0.15, 0.2) is 0 Å². The van der Waals surface area contributed by atoms with E-state index >= 15 is 0 Å². The minimum Gasteiger partial charge on any atom is -0.480 e. The number of amides is 2. The Morgan fingerprint density at radius 2 is 2.10 bits per heavy atom. The molecule has 6 nitrogen and oxygen atoms in total. The number of carboxylic acid groups (broad SMARTS) is 1. The molecule has 1 aliphatic rings. The average Bonchev–Trinajstić information content (AvgIpc) is 2.36. The minimum atomic E-state index is -1.13. The van der Waals surface area contributed by atoms with E-state index in [0.717, 1.165) is 12.8 Å². The standard InChI is InChI=1S/C13H24N2O4S/c1-10(6-9-20(3)19)14-12(18)15-8-5-4-7-13(15,2)11(16)17/h10H,4-9H2,1-3H3,(H,14,18)(H,16,17). The molecule has 0 aromatic rings. The normalized spacial score (nSPS) is 25.9. The number of carbonyl (C=O) groups is 2. The summed E-state index contributed by atoms with van der Waals surface area (Å²) in [5, 5.41) is 12.2. The van der Waals surface area contributed by atoms with Gasteiger partial charge in [0.25, 0.3) is 0 Å². The first-order valence-corrected chi connectivity index (χ1v) is 8.61. The van der Waals surface area contributed by atoms with Crippen molar-refractivity contribution >= 4 is 22.8 Å². The van der Waals surface area contributed by atoms with Gasteiger partial charge in [0.15, 0.2) is 0 Å². The van der Waals surface area contributed by atoms with Gasteiger partial charge in [-0.25, -0.2) is 9.59 Å². The molecule has 7 heteroatoms. The van der Waals surface area contributed by atoms with E-state index in [1.165, 1.54) is 4.90 Å². The predicted octanol–water partition coefficient (Wildman–Crippen LogP) is 1.18. The van der Waals surface area contributed by atoms with Gasteiger partial charge in [-0.05, 0) is 39.5 Å². The van der Waals surface area contributed by atoms with Crippen LogP contribution in [0.4, 0.5) is 4.79 Å². The summed E-state index contributed by atoms with van der Waals surface area (Å²) in [5.74, 6) is -0.438. The van der Waals surface area contributed by atoms with Gasteiger partial charge in [0.2, 0.25) is 0 Å². The Bertz CT molecular complexity index is 402. The van der Waals surface area contributed by atoms with Crippen LogP contribution in [0.5, 0.6) is 0 Å². The zero-order valence-corrected chi connectivity index (χ0v) is 13.2. The molecule has 116 valence electrons. The molecule has 1 rings (SSSR count). The fourth-order valence-corrected chi connectivity index (χ4v) is 3.06. The molecular weight excluding hydrogens is 280 g/mol. The van der Waals surface area contributed by atoms with Crippen molar-refractivity contribution in [2.45, 2.75) is 51.1 Å². The van der Waals surface area contributed by atoms with Gasteiger partial charge in [-0.15, -0.1) is 0 Å². The third-order valence-electron chi connectivity index (χ3n) is 3.81. The number of nitrogens with one attached hydrogen (secondary N) is 1. The van der Waals surface area contributed by atoms with Gasteiger partial charge in [0.1, 0.15) is 5.54 Å². The summed E-state index contributed by atoms with van der Waals surface area (Å²) in [6, 6.07) is -0.463. The van der Waals surface area contributed by atoms with Crippen molar-refractivity contribution in [1.82, 2.24) is 10.2 Å². The molecule has 1 heterocycles. The Labute approximate surface area is 122 Å². The molecule has 1 aliphatic heterocycles. The van der Waals surface area contributed by atoms with E-state index in [1.54, 1.807) is 13.2 Å². The van der Waals surface area contributed by atoms with Crippen LogP contribution in [0.25, 0.3) is 0 Å². The molecule has 3 atom stereocenters. The van der Waals surface area contributed by atoms with Gasteiger partial charge < -0.3 is 15.3 Å². The second-order valence-corrected chi connectivity index (χ2v) is 7.16. The van der Waals surface area contributed by atoms with Crippen LogP contribution in [0.3, 0.4) is 0 Å². The first-order chi connectivity index (χ1) is 9.27. The highest BCUT2D eigenvalue weighted by Crippen LogP contribution is 2.28. The Morgan fingerprint density at radius 1 is 1.45 bits per heavy atom. The molecule has 0 aliphatic carbocycles. The highest BCUT2D eigenvalue weighted by Gasteiger charge is 2.44. The monoisotopic (exact) mass is 304 g/mol. The molecule has 2 amide bonds. The van der Waals surface area contributed by atoms with E-state index in [0.29, 0.717) is 25.1 Å². The number of urea groups is 1. The van der Waals surface area contributed by atoms with E-state index in [2.05, 4.69) is 5.32 Å². The zero-order valence-electron chi connectivity index (χ0n) is 12.3.